The lowest BCUT2D eigenvalue weighted by Gasteiger charge is -2.27. The molecule has 1 atom stereocenters. The summed E-state index contributed by atoms with van der Waals surface area (Å²) in [5.74, 6) is -0.752. The van der Waals surface area contributed by atoms with E-state index in [-0.39, 0.29) is 21.5 Å². The molecule has 0 aliphatic rings. The Morgan fingerprint density at radius 2 is 1.87 bits per heavy atom. The summed E-state index contributed by atoms with van der Waals surface area (Å²) >= 11 is 11.9. The van der Waals surface area contributed by atoms with Gasteiger partial charge in [-0.1, -0.05) is 43.1 Å². The molecule has 0 spiro atoms. The lowest BCUT2D eigenvalue weighted by Crippen LogP contribution is -2.53. The highest BCUT2D eigenvalue weighted by Crippen LogP contribution is 2.25. The summed E-state index contributed by atoms with van der Waals surface area (Å²) in [6.07, 6.45) is 1.51. The van der Waals surface area contributed by atoms with Crippen molar-refractivity contribution < 1.29 is 9.59 Å². The molecule has 1 rings (SSSR count). The molecule has 1 unspecified atom stereocenters. The molecule has 128 valence electrons. The van der Waals surface area contributed by atoms with Gasteiger partial charge in [0.25, 0.3) is 5.91 Å². The SMILES string of the molecule is CCC(N)(CC)CNC(=O)C(C)NC(=O)c1cccc(Cl)c1Cl. The lowest BCUT2D eigenvalue weighted by atomic mass is 9.94. The molecule has 0 saturated heterocycles. The zero-order valence-corrected chi connectivity index (χ0v) is 15.1. The van der Waals surface area contributed by atoms with Gasteiger partial charge >= 0.3 is 0 Å². The van der Waals surface area contributed by atoms with Crippen molar-refractivity contribution in [2.75, 3.05) is 6.54 Å². The number of rotatable bonds is 7. The molecular weight excluding hydrogens is 337 g/mol. The third-order valence-corrected chi connectivity index (χ3v) is 4.78. The minimum atomic E-state index is -0.712. The van der Waals surface area contributed by atoms with Crippen LogP contribution in [0.2, 0.25) is 10.0 Å². The molecule has 7 heteroatoms. The first-order valence-corrected chi connectivity index (χ1v) is 8.31. The third-order valence-electron chi connectivity index (χ3n) is 3.96. The van der Waals surface area contributed by atoms with Crippen LogP contribution < -0.4 is 16.4 Å². The van der Waals surface area contributed by atoms with E-state index in [9.17, 15) is 9.59 Å². The average molecular weight is 360 g/mol. The molecule has 0 bridgehead atoms. The second kappa shape index (κ2) is 8.52. The summed E-state index contributed by atoms with van der Waals surface area (Å²) in [7, 11) is 0. The Morgan fingerprint density at radius 1 is 1.26 bits per heavy atom. The fourth-order valence-corrected chi connectivity index (χ4v) is 2.32. The van der Waals surface area contributed by atoms with Crippen molar-refractivity contribution in [2.24, 2.45) is 5.73 Å². The topological polar surface area (TPSA) is 84.2 Å². The van der Waals surface area contributed by atoms with Gasteiger partial charge < -0.3 is 16.4 Å². The summed E-state index contributed by atoms with van der Waals surface area (Å²) in [6.45, 7) is 5.91. The number of nitrogens with one attached hydrogen (secondary N) is 2. The predicted molar refractivity (Wildman–Crippen MR) is 93.9 cm³/mol. The largest absolute Gasteiger partial charge is 0.352 e. The van der Waals surface area contributed by atoms with Crippen molar-refractivity contribution in [1.29, 1.82) is 0 Å². The normalized spacial score (nSPS) is 12.6. The Morgan fingerprint density at radius 3 is 2.43 bits per heavy atom. The van der Waals surface area contributed by atoms with Gasteiger partial charge in [0.05, 0.1) is 15.6 Å². The van der Waals surface area contributed by atoms with Crippen molar-refractivity contribution in [3.05, 3.63) is 33.8 Å². The van der Waals surface area contributed by atoms with Crippen LogP contribution >= 0.6 is 23.2 Å². The molecule has 0 heterocycles. The summed E-state index contributed by atoms with van der Waals surface area (Å²) in [5, 5.41) is 5.82. The molecule has 23 heavy (non-hydrogen) atoms. The quantitative estimate of drug-likeness (QED) is 0.699. The Hall–Kier alpha value is -1.30. The van der Waals surface area contributed by atoms with E-state index >= 15 is 0 Å². The van der Waals surface area contributed by atoms with Crippen LogP contribution in [0.1, 0.15) is 44.0 Å². The van der Waals surface area contributed by atoms with Gasteiger partial charge in [-0.2, -0.15) is 0 Å². The number of nitrogens with two attached hydrogens (primary N) is 1. The third kappa shape index (κ3) is 5.37. The summed E-state index contributed by atoms with van der Waals surface area (Å²) in [6, 6.07) is 4.05. The van der Waals surface area contributed by atoms with Crippen LogP contribution in [0.5, 0.6) is 0 Å². The van der Waals surface area contributed by atoms with Gasteiger partial charge in [0, 0.05) is 12.1 Å². The van der Waals surface area contributed by atoms with Crippen LogP contribution in [0.3, 0.4) is 0 Å². The van der Waals surface area contributed by atoms with Crippen molar-refractivity contribution in [3.8, 4) is 0 Å². The van der Waals surface area contributed by atoms with Gasteiger partial charge in [0.2, 0.25) is 5.91 Å². The Labute approximate surface area is 146 Å². The Kier molecular flexibility index (Phi) is 7.32. The van der Waals surface area contributed by atoms with Gasteiger partial charge in [-0.25, -0.2) is 0 Å². The van der Waals surface area contributed by atoms with Gasteiger partial charge in [0.1, 0.15) is 6.04 Å². The fraction of sp³-hybridized carbons (Fsp3) is 0.500. The first-order valence-electron chi connectivity index (χ1n) is 7.55. The number of hydrogen-bond donors (Lipinski definition) is 3. The minimum absolute atomic E-state index is 0.164. The standard InChI is InChI=1S/C16H23Cl2N3O2/c1-4-16(19,5-2)9-20-14(22)10(3)21-15(23)11-7-6-8-12(17)13(11)18/h6-8,10H,4-5,9,19H2,1-3H3,(H,20,22)(H,21,23). The minimum Gasteiger partial charge on any atom is -0.352 e. The van der Waals surface area contributed by atoms with Gasteiger partial charge in [-0.15, -0.1) is 0 Å². The van der Waals surface area contributed by atoms with E-state index in [0.717, 1.165) is 12.8 Å². The predicted octanol–water partition coefficient (Wildman–Crippen LogP) is 2.75. The molecule has 1 aromatic carbocycles. The van der Waals surface area contributed by atoms with Crippen molar-refractivity contribution in [1.82, 2.24) is 10.6 Å². The second-order valence-electron chi connectivity index (χ2n) is 5.58. The molecule has 0 fully saturated rings. The van der Waals surface area contributed by atoms with E-state index in [0.29, 0.717) is 6.54 Å². The van der Waals surface area contributed by atoms with Gasteiger partial charge in [-0.05, 0) is 31.9 Å². The molecule has 0 aromatic heterocycles. The molecule has 4 N–H and O–H groups in total. The van der Waals surface area contributed by atoms with Crippen LogP contribution in [0.25, 0.3) is 0 Å². The first-order chi connectivity index (χ1) is 10.7. The Bertz CT molecular complexity index is 574. The number of benzene rings is 1. The first kappa shape index (κ1) is 19.7. The lowest BCUT2D eigenvalue weighted by molar-refractivity contribution is -0.122. The van der Waals surface area contributed by atoms with E-state index in [4.69, 9.17) is 28.9 Å². The van der Waals surface area contributed by atoms with E-state index in [1.54, 1.807) is 25.1 Å². The molecule has 0 saturated carbocycles. The molecule has 0 radical (unpaired) electrons. The van der Waals surface area contributed by atoms with E-state index < -0.39 is 17.5 Å². The van der Waals surface area contributed by atoms with E-state index in [2.05, 4.69) is 10.6 Å². The highest BCUT2D eigenvalue weighted by molar-refractivity contribution is 6.43. The summed E-state index contributed by atoms with van der Waals surface area (Å²) < 4.78 is 0. The molecule has 0 aliphatic heterocycles. The molecule has 0 aliphatic carbocycles. The van der Waals surface area contributed by atoms with Gasteiger partial charge in [0.15, 0.2) is 0 Å². The van der Waals surface area contributed by atoms with Crippen molar-refractivity contribution in [3.63, 3.8) is 0 Å². The molecule has 2 amide bonds. The van der Waals surface area contributed by atoms with Crippen LogP contribution in [0, 0.1) is 0 Å². The number of carbonyl (C=O) groups is 2. The fourth-order valence-electron chi connectivity index (χ4n) is 1.94. The Balaban J connectivity index is 2.65. The van der Waals surface area contributed by atoms with Crippen LogP contribution in [0.4, 0.5) is 0 Å². The van der Waals surface area contributed by atoms with Crippen LogP contribution in [0.15, 0.2) is 18.2 Å². The average Bonchev–Trinajstić information content (AvgIpc) is 2.54. The monoisotopic (exact) mass is 359 g/mol. The van der Waals surface area contributed by atoms with Crippen molar-refractivity contribution >= 4 is 35.0 Å². The highest BCUT2D eigenvalue weighted by atomic mass is 35.5. The van der Waals surface area contributed by atoms with E-state index in [1.165, 1.54) is 0 Å². The molecular formula is C16H23Cl2N3O2. The van der Waals surface area contributed by atoms with Gasteiger partial charge in [-0.3, -0.25) is 9.59 Å². The van der Waals surface area contributed by atoms with Crippen molar-refractivity contribution in [2.45, 2.75) is 45.2 Å². The van der Waals surface area contributed by atoms with E-state index in [1.807, 2.05) is 13.8 Å². The summed E-state index contributed by atoms with van der Waals surface area (Å²) in [4.78, 5) is 24.3. The zero-order valence-electron chi connectivity index (χ0n) is 13.6. The number of carbonyl (C=O) groups excluding carboxylic acids is 2. The smallest absolute Gasteiger partial charge is 0.253 e. The molecule has 1 aromatic rings. The number of hydrogen-bond acceptors (Lipinski definition) is 3. The maximum atomic E-state index is 12.2. The number of halogens is 2. The number of amides is 2. The van der Waals surface area contributed by atoms with Crippen LogP contribution in [-0.2, 0) is 4.79 Å². The maximum absolute atomic E-state index is 12.2. The maximum Gasteiger partial charge on any atom is 0.253 e. The zero-order chi connectivity index (χ0) is 17.6. The van der Waals surface area contributed by atoms with Crippen LogP contribution in [-0.4, -0.2) is 29.9 Å². The summed E-state index contributed by atoms with van der Waals surface area (Å²) in [5.41, 5.74) is 5.94. The highest BCUT2D eigenvalue weighted by Gasteiger charge is 2.24. The second-order valence-corrected chi connectivity index (χ2v) is 6.37. The molecule has 5 nitrogen and oxygen atoms in total.